The molecular formula is C33H50B3Cl2N4O4. The minimum Gasteiger partial charge on any atom is -0.385 e. The third-order valence-electron chi connectivity index (χ3n) is 9.85. The first-order valence-corrected chi connectivity index (χ1v) is 17.6. The summed E-state index contributed by atoms with van der Waals surface area (Å²) < 4.78 is 14.0. The predicted octanol–water partition coefficient (Wildman–Crippen LogP) is 5.49. The van der Waals surface area contributed by atoms with Crippen LogP contribution < -0.4 is 21.6 Å². The zero-order valence-corrected chi connectivity index (χ0v) is 28.9. The molecule has 0 amide bonds. The summed E-state index contributed by atoms with van der Waals surface area (Å²) in [4.78, 5) is 10.1. The summed E-state index contributed by atoms with van der Waals surface area (Å²) in [5.41, 5.74) is 12.0. The smallest absolute Gasteiger partial charge is 0.0967 e. The molecule has 2 aromatic carbocycles. The maximum Gasteiger partial charge on any atom is 0.0967 e. The average molecular weight is 670 g/mol. The Morgan fingerprint density at radius 1 is 0.978 bits per heavy atom. The number of hydrogen-bond acceptors (Lipinski definition) is 8. The number of carbonyl (C=O) groups is 1. The summed E-state index contributed by atoms with van der Waals surface area (Å²) in [7, 11) is 1.19. The van der Waals surface area contributed by atoms with Gasteiger partial charge in [0.1, 0.15) is 0 Å². The number of para-hydroxylation sites is 2. The van der Waals surface area contributed by atoms with E-state index in [-0.39, 0.29) is 19.1 Å². The van der Waals surface area contributed by atoms with Gasteiger partial charge in [-0.25, -0.2) is 0 Å². The van der Waals surface area contributed by atoms with Gasteiger partial charge in [-0.2, -0.15) is 0 Å². The van der Waals surface area contributed by atoms with Crippen molar-refractivity contribution >= 4 is 61.9 Å². The summed E-state index contributed by atoms with van der Waals surface area (Å²) in [6.45, 7) is 5.44. The molecule has 4 aliphatic rings. The van der Waals surface area contributed by atoms with E-state index in [4.69, 9.17) is 28.9 Å². The zero-order chi connectivity index (χ0) is 33.4. The van der Waals surface area contributed by atoms with Crippen molar-refractivity contribution in [2.45, 2.75) is 89.9 Å². The van der Waals surface area contributed by atoms with Gasteiger partial charge in [0.05, 0.1) is 5.34 Å². The van der Waals surface area contributed by atoms with Crippen LogP contribution in [0.5, 0.6) is 0 Å². The Morgan fingerprint density at radius 2 is 1.50 bits per heavy atom. The van der Waals surface area contributed by atoms with Crippen molar-refractivity contribution in [3.8, 4) is 0 Å². The van der Waals surface area contributed by atoms with Gasteiger partial charge in [0.15, 0.2) is 0 Å². The molecule has 2 aromatic rings. The second-order valence-corrected chi connectivity index (χ2v) is 13.6. The SMILES string of the molecule is CB(O)NC1CCCC12CCNc1ccccc1C2.C[B]OCC(=O)B=O.ClCCl.NC1CCCC12CCNc1ccccc1C2. The topological polar surface area (TPSA) is 126 Å². The fourth-order valence-corrected chi connectivity index (χ4v) is 7.62. The maximum atomic E-state index is 10.1. The van der Waals surface area contributed by atoms with E-state index < -0.39 is 12.7 Å². The van der Waals surface area contributed by atoms with Gasteiger partial charge in [-0.1, -0.05) is 49.2 Å². The van der Waals surface area contributed by atoms with E-state index in [0.717, 1.165) is 25.9 Å². The molecule has 0 aromatic heterocycles. The summed E-state index contributed by atoms with van der Waals surface area (Å²) in [5.74, 6) is 0. The van der Waals surface area contributed by atoms with Crippen LogP contribution in [-0.2, 0) is 27.0 Å². The molecule has 2 fully saturated rings. The van der Waals surface area contributed by atoms with Crippen molar-refractivity contribution in [3.63, 3.8) is 0 Å². The Balaban J connectivity index is 0.000000193. The minimum atomic E-state index is -0.539. The third-order valence-corrected chi connectivity index (χ3v) is 9.85. The molecule has 4 atom stereocenters. The first kappa shape index (κ1) is 38.6. The summed E-state index contributed by atoms with van der Waals surface area (Å²) in [6.07, 6.45) is 12.3. The average Bonchev–Trinajstić information content (AvgIpc) is 3.44. The standard InChI is InChI=1S/C15H23BN2O.C14H20N2.C3H5B2O3.CH2Cl2/c1-16(19)18-14-7-4-8-15(14)9-10-17-13-6-3-2-5-12(13)11-15;15-13-6-3-7-14(13)8-9-16-12-5-2-1-4-11(12)10-14;1-4-8-2-3(6)5-7;2-1-3/h2-3,5-6,14,17-19H,4,7-11H2,1H3;1-2,4-5,13,16H,3,6-10,15H2;2H2,1H3;1H2. The molecule has 2 saturated carbocycles. The van der Waals surface area contributed by atoms with Gasteiger partial charge < -0.3 is 26.6 Å². The Labute approximate surface area is 287 Å². The van der Waals surface area contributed by atoms with E-state index in [1.807, 2.05) is 6.82 Å². The molecule has 8 nitrogen and oxygen atoms in total. The van der Waals surface area contributed by atoms with Crippen molar-refractivity contribution in [1.82, 2.24) is 5.23 Å². The number of carbonyl (C=O) groups excluding carboxylic acids is 1. The maximum absolute atomic E-state index is 10.1. The first-order valence-electron chi connectivity index (χ1n) is 16.5. The van der Waals surface area contributed by atoms with Crippen LogP contribution in [0.1, 0.15) is 62.5 Å². The van der Waals surface area contributed by atoms with Crippen LogP contribution in [0.2, 0.25) is 13.6 Å². The fourth-order valence-electron chi connectivity index (χ4n) is 7.62. The molecule has 13 heteroatoms. The van der Waals surface area contributed by atoms with Crippen molar-refractivity contribution in [3.05, 3.63) is 59.7 Å². The second kappa shape index (κ2) is 19.8. The molecule has 2 aliphatic carbocycles. The number of nitrogens with one attached hydrogen (secondary N) is 3. The van der Waals surface area contributed by atoms with E-state index >= 15 is 0 Å². The van der Waals surface area contributed by atoms with Gasteiger partial charge in [0, 0.05) is 36.5 Å². The molecule has 6 N–H and O–H groups in total. The number of nitrogens with two attached hydrogens (primary N) is 1. The third kappa shape index (κ3) is 11.1. The van der Waals surface area contributed by atoms with Crippen LogP contribution in [0.25, 0.3) is 0 Å². The van der Waals surface area contributed by atoms with Gasteiger partial charge in [0.2, 0.25) is 0 Å². The molecule has 6 rings (SSSR count). The number of hydrogen-bond donors (Lipinski definition) is 5. The molecule has 1 radical (unpaired) electrons. The molecular weight excluding hydrogens is 620 g/mol. The van der Waals surface area contributed by atoms with Crippen molar-refractivity contribution in [2.24, 2.45) is 16.6 Å². The number of alkyl halides is 2. The van der Waals surface area contributed by atoms with Crippen LogP contribution in [0.15, 0.2) is 48.5 Å². The van der Waals surface area contributed by atoms with Crippen molar-refractivity contribution in [1.29, 1.82) is 0 Å². The van der Waals surface area contributed by atoms with Crippen molar-refractivity contribution < 1.29 is 19.2 Å². The molecule has 0 bridgehead atoms. The Kier molecular flexibility index (Phi) is 16.6. The van der Waals surface area contributed by atoms with Gasteiger partial charge in [0.25, 0.3) is 0 Å². The molecule has 2 spiro atoms. The number of rotatable bonds is 6. The normalized spacial score (nSPS) is 25.5. The quantitative estimate of drug-likeness (QED) is 0.202. The minimum absolute atomic E-state index is 0.139. The van der Waals surface area contributed by atoms with Crippen LogP contribution >= 0.6 is 23.2 Å². The molecule has 4 unspecified atom stereocenters. The van der Waals surface area contributed by atoms with E-state index in [2.05, 4.69) is 69.0 Å². The monoisotopic (exact) mass is 669 g/mol. The van der Waals surface area contributed by atoms with Gasteiger partial charge in [-0.3, -0.25) is 0 Å². The molecule has 2 aliphatic heterocycles. The summed E-state index contributed by atoms with van der Waals surface area (Å²) >= 11 is 9.53. The van der Waals surface area contributed by atoms with Crippen LogP contribution in [-0.4, -0.2) is 69.5 Å². The zero-order valence-electron chi connectivity index (χ0n) is 27.4. The second-order valence-electron chi connectivity index (χ2n) is 12.8. The fraction of sp³-hybridized carbons (Fsp3) is 0.606. The summed E-state index contributed by atoms with van der Waals surface area (Å²) in [5, 5.41) is 20.3. The molecule has 249 valence electrons. The van der Waals surface area contributed by atoms with E-state index in [9.17, 15) is 14.5 Å². The largest absolute Gasteiger partial charge is 0.385 e. The van der Waals surface area contributed by atoms with Gasteiger partial charge in [-0.15, -0.1) is 23.2 Å². The molecule has 46 heavy (non-hydrogen) atoms. The Hall–Kier alpha value is -1.88. The van der Waals surface area contributed by atoms with E-state index in [0.29, 0.717) is 22.9 Å². The van der Waals surface area contributed by atoms with Crippen LogP contribution in [0, 0.1) is 10.8 Å². The predicted molar refractivity (Wildman–Crippen MR) is 193 cm³/mol. The number of anilines is 2. The molecule has 2 heterocycles. The number of fused-ring (bicyclic) bond motifs is 2. The Bertz CT molecular complexity index is 1230. The first-order chi connectivity index (χ1) is 22.2. The Morgan fingerprint density at radius 3 is 2.02 bits per heavy atom. The molecule has 0 saturated heterocycles. The van der Waals surface area contributed by atoms with Crippen LogP contribution in [0.4, 0.5) is 11.4 Å². The van der Waals surface area contributed by atoms with Gasteiger partial charge >= 0.3 is 54.9 Å². The van der Waals surface area contributed by atoms with Crippen molar-refractivity contribution in [2.75, 3.05) is 35.7 Å². The van der Waals surface area contributed by atoms with E-state index in [1.54, 1.807) is 6.82 Å². The number of halogens is 2. The van der Waals surface area contributed by atoms with Gasteiger partial charge in [-0.05, 0) is 92.3 Å². The number of benzene rings is 2. The van der Waals surface area contributed by atoms with Crippen LogP contribution in [0.3, 0.4) is 0 Å². The van der Waals surface area contributed by atoms with E-state index in [1.165, 1.54) is 81.4 Å². The summed E-state index contributed by atoms with van der Waals surface area (Å²) in [6, 6.07) is 18.2.